The molecule has 31 heavy (non-hydrogen) atoms. The van der Waals surface area contributed by atoms with Crippen LogP contribution in [0.5, 0.6) is 0 Å². The van der Waals surface area contributed by atoms with Crippen LogP contribution in [0.4, 0.5) is 16.2 Å². The third-order valence-corrected chi connectivity index (χ3v) is 4.94. The third-order valence-electron chi connectivity index (χ3n) is 4.94. The minimum Gasteiger partial charge on any atom is -0.444 e. The van der Waals surface area contributed by atoms with Crippen LogP contribution in [0.2, 0.25) is 0 Å². The van der Waals surface area contributed by atoms with Crippen molar-refractivity contribution in [2.45, 2.75) is 52.6 Å². The SMILES string of the molecule is [2H]C([2H])([2H])C(CCCO)CNc1cc(CN2CCN(C(=O)OC(C)(C)C)CC2)ccc1[N+](=O)[O-]. The number of carbonyl (C=O) groups is 1. The summed E-state index contributed by atoms with van der Waals surface area (Å²) in [6, 6.07) is 4.80. The average Bonchev–Trinajstić information content (AvgIpc) is 2.72. The van der Waals surface area contributed by atoms with Gasteiger partial charge in [0.2, 0.25) is 0 Å². The Balaban J connectivity index is 2.03. The van der Waals surface area contributed by atoms with Crippen molar-refractivity contribution in [1.29, 1.82) is 0 Å². The number of anilines is 1. The van der Waals surface area contributed by atoms with E-state index in [2.05, 4.69) is 10.2 Å². The molecule has 1 heterocycles. The number of amides is 1. The average molecular weight is 440 g/mol. The van der Waals surface area contributed by atoms with E-state index < -0.39 is 23.3 Å². The fraction of sp³-hybridized carbons (Fsp3) is 0.682. The van der Waals surface area contributed by atoms with E-state index in [1.54, 1.807) is 17.0 Å². The molecule has 0 aliphatic carbocycles. The summed E-state index contributed by atoms with van der Waals surface area (Å²) in [4.78, 5) is 27.1. The zero-order chi connectivity index (χ0) is 25.5. The van der Waals surface area contributed by atoms with Crippen LogP contribution in [-0.2, 0) is 11.3 Å². The van der Waals surface area contributed by atoms with Gasteiger partial charge in [-0.3, -0.25) is 15.0 Å². The van der Waals surface area contributed by atoms with Crippen molar-refractivity contribution in [2.75, 3.05) is 44.6 Å². The van der Waals surface area contributed by atoms with E-state index in [0.29, 0.717) is 39.1 Å². The number of rotatable bonds is 9. The Morgan fingerprint density at radius 1 is 1.35 bits per heavy atom. The number of aliphatic hydroxyl groups is 1. The first-order chi connectivity index (χ1) is 15.8. The molecule has 1 aliphatic rings. The summed E-state index contributed by atoms with van der Waals surface area (Å²) in [5.74, 6) is -0.733. The second kappa shape index (κ2) is 11.3. The van der Waals surface area contributed by atoms with Gasteiger partial charge in [-0.2, -0.15) is 0 Å². The smallest absolute Gasteiger partial charge is 0.410 e. The largest absolute Gasteiger partial charge is 0.444 e. The highest BCUT2D eigenvalue weighted by Crippen LogP contribution is 2.27. The van der Waals surface area contributed by atoms with Gasteiger partial charge >= 0.3 is 6.09 Å². The molecule has 1 aromatic carbocycles. The molecule has 174 valence electrons. The van der Waals surface area contributed by atoms with Gasteiger partial charge < -0.3 is 20.1 Å². The summed E-state index contributed by atoms with van der Waals surface area (Å²) < 4.78 is 28.6. The quantitative estimate of drug-likeness (QED) is 0.448. The Kier molecular flexibility index (Phi) is 7.47. The lowest BCUT2D eigenvalue weighted by Gasteiger charge is -2.35. The number of nitrogens with zero attached hydrogens (tertiary/aromatic N) is 3. The predicted octanol–water partition coefficient (Wildman–Crippen LogP) is 3.47. The molecule has 0 saturated carbocycles. The second-order valence-electron chi connectivity index (χ2n) is 8.80. The third kappa shape index (κ3) is 8.34. The van der Waals surface area contributed by atoms with E-state index in [1.165, 1.54) is 6.07 Å². The Bertz CT molecular complexity index is 837. The molecule has 1 unspecified atom stereocenters. The van der Waals surface area contributed by atoms with Gasteiger partial charge in [0.1, 0.15) is 11.3 Å². The van der Waals surface area contributed by atoms with Gasteiger partial charge in [-0.1, -0.05) is 12.9 Å². The molecule has 0 spiro atoms. The summed E-state index contributed by atoms with van der Waals surface area (Å²) in [6.07, 6.45) is 0.302. The molecular formula is C22H36N4O5. The number of hydrogen-bond acceptors (Lipinski definition) is 7. The van der Waals surface area contributed by atoms with Gasteiger partial charge in [0.15, 0.2) is 0 Å². The van der Waals surface area contributed by atoms with E-state index in [1.807, 2.05) is 20.8 Å². The number of piperazine rings is 1. The second-order valence-corrected chi connectivity index (χ2v) is 8.80. The summed E-state index contributed by atoms with van der Waals surface area (Å²) >= 11 is 0. The fourth-order valence-electron chi connectivity index (χ4n) is 3.33. The molecule has 2 N–H and O–H groups in total. The van der Waals surface area contributed by atoms with E-state index >= 15 is 0 Å². The maximum atomic E-state index is 12.2. The number of hydrogen-bond donors (Lipinski definition) is 2. The van der Waals surface area contributed by atoms with Crippen LogP contribution < -0.4 is 5.32 Å². The van der Waals surface area contributed by atoms with Crippen molar-refractivity contribution < 1.29 is 23.7 Å². The number of nitro groups is 1. The maximum Gasteiger partial charge on any atom is 0.410 e. The topological polar surface area (TPSA) is 108 Å². The molecule has 1 amide bonds. The van der Waals surface area contributed by atoms with E-state index in [9.17, 15) is 14.9 Å². The molecular weight excluding hydrogens is 400 g/mol. The number of ether oxygens (including phenoxy) is 1. The summed E-state index contributed by atoms with van der Waals surface area (Å²) in [5, 5.41) is 23.5. The van der Waals surface area contributed by atoms with Crippen LogP contribution in [-0.4, -0.2) is 70.9 Å². The Morgan fingerprint density at radius 3 is 2.65 bits per heavy atom. The molecule has 1 aliphatic heterocycles. The van der Waals surface area contributed by atoms with Gasteiger partial charge in [-0.15, -0.1) is 0 Å². The lowest BCUT2D eigenvalue weighted by molar-refractivity contribution is -0.384. The molecule has 1 atom stereocenters. The molecule has 0 bridgehead atoms. The minimum atomic E-state index is -2.23. The zero-order valence-corrected chi connectivity index (χ0v) is 18.6. The molecule has 9 heteroatoms. The molecule has 1 saturated heterocycles. The van der Waals surface area contributed by atoms with Crippen molar-refractivity contribution in [1.82, 2.24) is 9.80 Å². The molecule has 1 aromatic rings. The van der Waals surface area contributed by atoms with Crippen molar-refractivity contribution in [3.63, 3.8) is 0 Å². The Morgan fingerprint density at radius 2 is 2.06 bits per heavy atom. The highest BCUT2D eigenvalue weighted by atomic mass is 16.6. The number of carbonyl (C=O) groups excluding carboxylic acids is 1. The van der Waals surface area contributed by atoms with Crippen LogP contribution in [0.3, 0.4) is 0 Å². The van der Waals surface area contributed by atoms with Crippen molar-refractivity contribution in [3.8, 4) is 0 Å². The van der Waals surface area contributed by atoms with Gasteiger partial charge in [0.05, 0.1) is 4.92 Å². The first-order valence-electron chi connectivity index (χ1n) is 12.1. The fourth-order valence-corrected chi connectivity index (χ4v) is 3.33. The number of nitro benzene ring substituents is 1. The first kappa shape index (κ1) is 20.5. The maximum absolute atomic E-state index is 12.2. The number of aliphatic hydroxyl groups excluding tert-OH is 1. The van der Waals surface area contributed by atoms with Crippen molar-refractivity contribution >= 4 is 17.5 Å². The Hall–Kier alpha value is -2.39. The van der Waals surface area contributed by atoms with Crippen LogP contribution in [0.1, 0.15) is 50.1 Å². The van der Waals surface area contributed by atoms with E-state index in [-0.39, 0.29) is 37.0 Å². The van der Waals surface area contributed by atoms with Crippen LogP contribution in [0.15, 0.2) is 18.2 Å². The molecule has 0 radical (unpaired) electrons. The molecule has 9 nitrogen and oxygen atoms in total. The highest BCUT2D eigenvalue weighted by Gasteiger charge is 2.26. The first-order valence-corrected chi connectivity index (χ1v) is 10.6. The highest BCUT2D eigenvalue weighted by molar-refractivity contribution is 5.68. The normalized spacial score (nSPS) is 17.9. The van der Waals surface area contributed by atoms with Crippen LogP contribution >= 0.6 is 0 Å². The lowest BCUT2D eigenvalue weighted by atomic mass is 10.1. The monoisotopic (exact) mass is 439 g/mol. The standard InChI is InChI=1S/C22H36N4O5/c1-17(6-5-13-27)15-23-19-14-18(7-8-20(19)26(29)30)16-24-9-11-25(12-10-24)21(28)31-22(2,3)4/h7-8,14,17,23,27H,5-6,9-13,15-16H2,1-4H3/i1D3. The van der Waals surface area contributed by atoms with E-state index in [0.717, 1.165) is 5.56 Å². The van der Waals surface area contributed by atoms with Crippen molar-refractivity contribution in [2.24, 2.45) is 5.92 Å². The number of benzene rings is 1. The molecule has 1 fully saturated rings. The summed E-state index contributed by atoms with van der Waals surface area (Å²) in [7, 11) is 0. The van der Waals surface area contributed by atoms with Crippen LogP contribution in [0, 0.1) is 16.0 Å². The number of nitrogens with one attached hydrogen (secondary N) is 1. The van der Waals surface area contributed by atoms with Gasteiger partial charge in [0.25, 0.3) is 5.69 Å². The lowest BCUT2D eigenvalue weighted by Crippen LogP contribution is -2.49. The van der Waals surface area contributed by atoms with E-state index in [4.69, 9.17) is 14.0 Å². The molecule has 0 aromatic heterocycles. The minimum absolute atomic E-state index is 0.0371. The summed E-state index contributed by atoms with van der Waals surface area (Å²) in [5.41, 5.74) is 0.449. The van der Waals surface area contributed by atoms with Crippen LogP contribution in [0.25, 0.3) is 0 Å². The van der Waals surface area contributed by atoms with Crippen molar-refractivity contribution in [3.05, 3.63) is 33.9 Å². The summed E-state index contributed by atoms with van der Waals surface area (Å²) in [6.45, 7) is 6.05. The van der Waals surface area contributed by atoms with Gasteiger partial charge in [0, 0.05) is 56.1 Å². The molecule has 2 rings (SSSR count). The zero-order valence-electron chi connectivity index (χ0n) is 21.6. The predicted molar refractivity (Wildman–Crippen MR) is 120 cm³/mol. The van der Waals surface area contributed by atoms with Gasteiger partial charge in [-0.25, -0.2) is 4.79 Å². The Labute approximate surface area is 188 Å². The van der Waals surface area contributed by atoms with Gasteiger partial charge in [-0.05, 0) is 51.2 Å².